The highest BCUT2D eigenvalue weighted by molar-refractivity contribution is 9.10. The van der Waals surface area contributed by atoms with Crippen molar-refractivity contribution >= 4 is 28.1 Å². The molecular formula is C16H19BrFN5O. The van der Waals surface area contributed by atoms with Crippen molar-refractivity contribution in [2.45, 2.75) is 26.4 Å². The van der Waals surface area contributed by atoms with E-state index in [-0.39, 0.29) is 19.2 Å². The van der Waals surface area contributed by atoms with Gasteiger partial charge in [0.2, 0.25) is 0 Å². The van der Waals surface area contributed by atoms with Gasteiger partial charge in [0.15, 0.2) is 5.84 Å². The van der Waals surface area contributed by atoms with Crippen molar-refractivity contribution in [1.82, 2.24) is 9.55 Å². The zero-order chi connectivity index (χ0) is 17.7. The molecule has 3 N–H and O–H groups in total. The van der Waals surface area contributed by atoms with Crippen LogP contribution >= 0.6 is 15.9 Å². The molecule has 0 atom stereocenters. The molecule has 0 saturated heterocycles. The number of aliphatic imine (C=N–C) groups is 2. The van der Waals surface area contributed by atoms with E-state index in [4.69, 9.17) is 5.73 Å². The second kappa shape index (κ2) is 8.16. The first-order valence-electron chi connectivity index (χ1n) is 7.42. The zero-order valence-corrected chi connectivity index (χ0v) is 15.0. The van der Waals surface area contributed by atoms with E-state index >= 15 is 0 Å². The molecule has 6 nitrogen and oxygen atoms in total. The van der Waals surface area contributed by atoms with Crippen molar-refractivity contribution in [1.29, 1.82) is 0 Å². The van der Waals surface area contributed by atoms with Gasteiger partial charge in [0.05, 0.1) is 18.5 Å². The summed E-state index contributed by atoms with van der Waals surface area (Å²) < 4.78 is 16.6. The lowest BCUT2D eigenvalue weighted by Crippen LogP contribution is -2.05. The maximum atomic E-state index is 14.3. The summed E-state index contributed by atoms with van der Waals surface area (Å²) in [5.41, 5.74) is 6.19. The number of benzene rings is 1. The summed E-state index contributed by atoms with van der Waals surface area (Å²) in [7, 11) is 0. The molecule has 0 bridgehead atoms. The van der Waals surface area contributed by atoms with E-state index in [1.165, 1.54) is 6.07 Å². The zero-order valence-electron chi connectivity index (χ0n) is 13.4. The van der Waals surface area contributed by atoms with E-state index in [0.717, 1.165) is 6.34 Å². The van der Waals surface area contributed by atoms with Gasteiger partial charge in [-0.1, -0.05) is 15.9 Å². The first-order valence-corrected chi connectivity index (χ1v) is 8.21. The second-order valence-corrected chi connectivity index (χ2v) is 6.23. The molecule has 1 aromatic heterocycles. The minimum absolute atomic E-state index is 0.000409. The smallest absolute Gasteiger partial charge is 0.176 e. The number of nitrogens with zero attached hydrogens (tertiary/aromatic N) is 4. The van der Waals surface area contributed by atoms with Crippen molar-refractivity contribution in [3.8, 4) is 11.4 Å². The summed E-state index contributed by atoms with van der Waals surface area (Å²) >= 11 is 3.23. The van der Waals surface area contributed by atoms with E-state index in [0.29, 0.717) is 27.4 Å². The third-order valence-corrected chi connectivity index (χ3v) is 3.59. The number of imidazole rings is 1. The van der Waals surface area contributed by atoms with Crippen LogP contribution in [-0.4, -0.2) is 39.5 Å². The minimum Gasteiger partial charge on any atom is -0.395 e. The Hall–Kier alpha value is -2.06. The van der Waals surface area contributed by atoms with Crippen LogP contribution in [0.3, 0.4) is 0 Å². The Morgan fingerprint density at radius 2 is 2.25 bits per heavy atom. The molecule has 0 fully saturated rings. The monoisotopic (exact) mass is 395 g/mol. The Kier molecular flexibility index (Phi) is 6.22. The summed E-state index contributed by atoms with van der Waals surface area (Å²) in [6, 6.07) is 4.73. The summed E-state index contributed by atoms with van der Waals surface area (Å²) in [5.74, 6) is 0.348. The van der Waals surface area contributed by atoms with Gasteiger partial charge in [-0.3, -0.25) is 4.99 Å². The van der Waals surface area contributed by atoms with Crippen LogP contribution in [0.1, 0.15) is 19.5 Å². The van der Waals surface area contributed by atoms with Gasteiger partial charge in [-0.05, 0) is 32.0 Å². The molecule has 128 valence electrons. The Bertz CT molecular complexity index is 770. The van der Waals surface area contributed by atoms with Crippen LogP contribution in [0.5, 0.6) is 0 Å². The van der Waals surface area contributed by atoms with E-state index in [9.17, 15) is 9.50 Å². The molecule has 0 radical (unpaired) electrons. The third kappa shape index (κ3) is 4.27. The topological polar surface area (TPSA) is 88.8 Å². The molecule has 8 heteroatoms. The number of hydrogen-bond acceptors (Lipinski definition) is 3. The first-order chi connectivity index (χ1) is 11.5. The van der Waals surface area contributed by atoms with Crippen LogP contribution < -0.4 is 5.73 Å². The lowest BCUT2D eigenvalue weighted by atomic mass is 10.2. The fourth-order valence-electron chi connectivity index (χ4n) is 2.17. The summed E-state index contributed by atoms with van der Waals surface area (Å²) in [5, 5.41) is 9.27. The number of aliphatic hydroxyl groups is 1. The Labute approximate surface area is 148 Å². The van der Waals surface area contributed by atoms with Crippen molar-refractivity contribution in [3.63, 3.8) is 0 Å². The van der Waals surface area contributed by atoms with Gasteiger partial charge in [0, 0.05) is 23.3 Å². The average Bonchev–Trinajstić information content (AvgIpc) is 2.90. The lowest BCUT2D eigenvalue weighted by Gasteiger charge is -2.06. The number of hydrogen-bond donors (Lipinski definition) is 2. The van der Waals surface area contributed by atoms with E-state index in [1.807, 2.05) is 13.8 Å². The molecule has 24 heavy (non-hydrogen) atoms. The van der Waals surface area contributed by atoms with Crippen molar-refractivity contribution in [2.24, 2.45) is 15.7 Å². The predicted octanol–water partition coefficient (Wildman–Crippen LogP) is 2.59. The standard InChI is InChI=1S/C16H19BrFN5O/c1-10(2)21-15(20-9-19)14-8-23(5-6-24)16(22-14)12-4-3-11(17)7-13(12)18/h3-4,7-10,24H,5-6H2,1-2H3,(H2,19,20,21). The van der Waals surface area contributed by atoms with E-state index in [1.54, 1.807) is 22.9 Å². The van der Waals surface area contributed by atoms with Gasteiger partial charge < -0.3 is 15.4 Å². The molecule has 1 heterocycles. The average molecular weight is 396 g/mol. The molecule has 2 rings (SSSR count). The van der Waals surface area contributed by atoms with Crippen LogP contribution in [0.4, 0.5) is 4.39 Å². The normalized spacial score (nSPS) is 12.5. The van der Waals surface area contributed by atoms with Crippen LogP contribution in [0.2, 0.25) is 0 Å². The second-order valence-electron chi connectivity index (χ2n) is 5.32. The van der Waals surface area contributed by atoms with Gasteiger partial charge in [0.25, 0.3) is 0 Å². The fourth-order valence-corrected chi connectivity index (χ4v) is 2.50. The molecular weight excluding hydrogens is 377 g/mol. The molecule has 0 aliphatic rings. The number of halogens is 2. The number of amidine groups is 1. The summed E-state index contributed by atoms with van der Waals surface area (Å²) in [6.07, 6.45) is 2.83. The number of rotatable bonds is 5. The molecule has 0 amide bonds. The first kappa shape index (κ1) is 18.3. The largest absolute Gasteiger partial charge is 0.395 e. The van der Waals surface area contributed by atoms with Crippen LogP contribution in [-0.2, 0) is 6.54 Å². The van der Waals surface area contributed by atoms with Gasteiger partial charge in [0.1, 0.15) is 17.3 Å². The number of aliphatic hydroxyl groups excluding tert-OH is 1. The molecule has 1 aromatic carbocycles. The maximum Gasteiger partial charge on any atom is 0.176 e. The highest BCUT2D eigenvalue weighted by Crippen LogP contribution is 2.25. The van der Waals surface area contributed by atoms with Crippen molar-refractivity contribution in [3.05, 3.63) is 40.4 Å². The number of nitrogens with two attached hydrogens (primary N) is 1. The minimum atomic E-state index is -0.412. The third-order valence-electron chi connectivity index (χ3n) is 3.10. The number of aromatic nitrogens is 2. The molecule has 0 aliphatic carbocycles. The highest BCUT2D eigenvalue weighted by Gasteiger charge is 2.17. The van der Waals surface area contributed by atoms with Crippen LogP contribution in [0, 0.1) is 5.82 Å². The van der Waals surface area contributed by atoms with Crippen LogP contribution in [0.15, 0.2) is 38.9 Å². The molecule has 2 aromatic rings. The predicted molar refractivity (Wildman–Crippen MR) is 96.8 cm³/mol. The molecule has 0 spiro atoms. The summed E-state index contributed by atoms with van der Waals surface area (Å²) in [4.78, 5) is 12.9. The molecule has 0 aliphatic heterocycles. The van der Waals surface area contributed by atoms with Gasteiger partial charge in [-0.2, -0.15) is 0 Å². The van der Waals surface area contributed by atoms with E-state index < -0.39 is 5.82 Å². The SMILES string of the molecule is CC(C)N=C(N=CN)c1cn(CCO)c(-c2ccc(Br)cc2F)n1. The molecule has 0 unspecified atom stereocenters. The Morgan fingerprint density at radius 1 is 1.50 bits per heavy atom. The van der Waals surface area contributed by atoms with Gasteiger partial charge >= 0.3 is 0 Å². The van der Waals surface area contributed by atoms with Gasteiger partial charge in [-0.15, -0.1) is 0 Å². The highest BCUT2D eigenvalue weighted by atomic mass is 79.9. The van der Waals surface area contributed by atoms with E-state index in [2.05, 4.69) is 30.9 Å². The van der Waals surface area contributed by atoms with Gasteiger partial charge in [-0.25, -0.2) is 14.4 Å². The van der Waals surface area contributed by atoms with Crippen molar-refractivity contribution in [2.75, 3.05) is 6.61 Å². The Morgan fingerprint density at radius 3 is 2.83 bits per heavy atom. The fraction of sp³-hybridized carbons (Fsp3) is 0.312. The van der Waals surface area contributed by atoms with Crippen LogP contribution in [0.25, 0.3) is 11.4 Å². The lowest BCUT2D eigenvalue weighted by molar-refractivity contribution is 0.276. The quantitative estimate of drug-likeness (QED) is 0.602. The molecule has 0 saturated carbocycles. The van der Waals surface area contributed by atoms with Crippen molar-refractivity contribution < 1.29 is 9.50 Å². The Balaban J connectivity index is 2.58. The summed E-state index contributed by atoms with van der Waals surface area (Å²) in [6.45, 7) is 4.00. The maximum absolute atomic E-state index is 14.3.